The highest BCUT2D eigenvalue weighted by Crippen LogP contribution is 2.41. The predicted octanol–water partition coefficient (Wildman–Crippen LogP) is 0.938. The van der Waals surface area contributed by atoms with E-state index in [0.29, 0.717) is 19.6 Å². The summed E-state index contributed by atoms with van der Waals surface area (Å²) in [5.41, 5.74) is -0.937. The van der Waals surface area contributed by atoms with Crippen molar-refractivity contribution in [3.63, 3.8) is 0 Å². The number of ether oxygens (including phenoxy) is 3. The Labute approximate surface area is 106 Å². The molecule has 0 aliphatic carbocycles. The smallest absolute Gasteiger partial charge is 0.411 e. The maximum atomic E-state index is 12.0. The van der Waals surface area contributed by atoms with E-state index in [-0.39, 0.29) is 5.60 Å². The van der Waals surface area contributed by atoms with Crippen LogP contribution in [0, 0.1) is 0 Å². The summed E-state index contributed by atoms with van der Waals surface area (Å²) in [5, 5.41) is 0. The fraction of sp³-hybridized carbons (Fsp3) is 0.833. The lowest BCUT2D eigenvalue weighted by atomic mass is 10.1. The first-order chi connectivity index (χ1) is 8.26. The molecule has 1 spiro atoms. The molecule has 0 aromatic carbocycles. The van der Waals surface area contributed by atoms with E-state index in [1.54, 1.807) is 20.8 Å². The van der Waals surface area contributed by atoms with E-state index in [1.807, 2.05) is 0 Å². The molecule has 6 nitrogen and oxygen atoms in total. The van der Waals surface area contributed by atoms with E-state index in [1.165, 1.54) is 12.0 Å². The van der Waals surface area contributed by atoms with Crippen LogP contribution >= 0.6 is 0 Å². The Balaban J connectivity index is 2.09. The second kappa shape index (κ2) is 4.12. The van der Waals surface area contributed by atoms with Crippen LogP contribution in [0.3, 0.4) is 0 Å². The van der Waals surface area contributed by atoms with Gasteiger partial charge in [0.15, 0.2) is 0 Å². The quantitative estimate of drug-likeness (QED) is 0.516. The number of carbonyl (C=O) groups excluding carboxylic acids is 2. The summed E-state index contributed by atoms with van der Waals surface area (Å²) in [6, 6.07) is -0.604. The minimum absolute atomic E-state index is 0.351. The summed E-state index contributed by atoms with van der Waals surface area (Å²) >= 11 is 0. The van der Waals surface area contributed by atoms with Gasteiger partial charge in [-0.1, -0.05) is 0 Å². The Morgan fingerprint density at radius 3 is 2.44 bits per heavy atom. The normalized spacial score (nSPS) is 30.4. The molecule has 2 rings (SSSR count). The zero-order valence-corrected chi connectivity index (χ0v) is 11.2. The van der Waals surface area contributed by atoms with Gasteiger partial charge in [0.2, 0.25) is 0 Å². The third-order valence-electron chi connectivity index (χ3n) is 3.05. The monoisotopic (exact) mass is 257 g/mol. The Morgan fingerprint density at radius 2 is 2.00 bits per heavy atom. The number of methoxy groups -OCH3 is 1. The summed E-state index contributed by atoms with van der Waals surface area (Å²) < 4.78 is 15.3. The SMILES string of the molecule is COC(=O)C1CC2(CO2)CN1C(=O)OC(C)(C)C. The van der Waals surface area contributed by atoms with Gasteiger partial charge in [0, 0.05) is 6.42 Å². The van der Waals surface area contributed by atoms with Crippen molar-refractivity contribution >= 4 is 12.1 Å². The van der Waals surface area contributed by atoms with E-state index < -0.39 is 23.7 Å². The maximum Gasteiger partial charge on any atom is 0.411 e. The molecular formula is C12H19NO5. The van der Waals surface area contributed by atoms with Gasteiger partial charge in [-0.15, -0.1) is 0 Å². The lowest BCUT2D eigenvalue weighted by molar-refractivity contribution is -0.145. The van der Waals surface area contributed by atoms with Crippen LogP contribution in [0.1, 0.15) is 27.2 Å². The van der Waals surface area contributed by atoms with E-state index in [4.69, 9.17) is 14.2 Å². The largest absolute Gasteiger partial charge is 0.467 e. The predicted molar refractivity (Wildman–Crippen MR) is 62.0 cm³/mol. The molecule has 0 radical (unpaired) electrons. The Hall–Kier alpha value is -1.30. The summed E-state index contributed by atoms with van der Waals surface area (Å²) in [7, 11) is 1.31. The molecule has 2 atom stereocenters. The number of nitrogens with zero attached hydrogens (tertiary/aromatic N) is 1. The van der Waals surface area contributed by atoms with Gasteiger partial charge in [0.05, 0.1) is 20.3 Å². The first kappa shape index (κ1) is 13.1. The Kier molecular flexibility index (Phi) is 3.01. The molecule has 102 valence electrons. The fourth-order valence-corrected chi connectivity index (χ4v) is 2.12. The van der Waals surface area contributed by atoms with Crippen molar-refractivity contribution in [3.8, 4) is 0 Å². The van der Waals surface area contributed by atoms with Gasteiger partial charge in [-0.25, -0.2) is 9.59 Å². The van der Waals surface area contributed by atoms with Gasteiger partial charge in [-0.3, -0.25) is 4.90 Å². The molecule has 2 aliphatic rings. The summed E-state index contributed by atoms with van der Waals surface area (Å²) in [6.07, 6.45) is -0.0101. The van der Waals surface area contributed by atoms with Gasteiger partial charge in [-0.2, -0.15) is 0 Å². The molecule has 0 N–H and O–H groups in total. The standard InChI is InChI=1S/C12H19NO5/c1-11(2,3)18-10(15)13-6-12(7-17-12)5-8(13)9(14)16-4/h8H,5-7H2,1-4H3. The third-order valence-corrected chi connectivity index (χ3v) is 3.05. The topological polar surface area (TPSA) is 68.4 Å². The van der Waals surface area contributed by atoms with Crippen molar-refractivity contribution in [1.29, 1.82) is 0 Å². The van der Waals surface area contributed by atoms with Crippen molar-refractivity contribution in [2.24, 2.45) is 0 Å². The summed E-state index contributed by atoms with van der Waals surface area (Å²) in [6.45, 7) is 6.34. The number of esters is 1. The van der Waals surface area contributed by atoms with Crippen LogP contribution in [0.5, 0.6) is 0 Å². The lowest BCUT2D eigenvalue weighted by Crippen LogP contribution is -2.44. The molecular weight excluding hydrogens is 238 g/mol. The van der Waals surface area contributed by atoms with Crippen molar-refractivity contribution in [2.45, 2.75) is 44.4 Å². The molecule has 2 unspecified atom stereocenters. The van der Waals surface area contributed by atoms with E-state index >= 15 is 0 Å². The maximum absolute atomic E-state index is 12.0. The molecule has 2 heterocycles. The first-order valence-corrected chi connectivity index (χ1v) is 5.98. The highest BCUT2D eigenvalue weighted by atomic mass is 16.6. The molecule has 2 fully saturated rings. The van der Waals surface area contributed by atoms with Crippen LogP contribution in [0.15, 0.2) is 0 Å². The highest BCUT2D eigenvalue weighted by Gasteiger charge is 2.58. The van der Waals surface area contributed by atoms with Crippen molar-refractivity contribution in [3.05, 3.63) is 0 Å². The number of hydrogen-bond donors (Lipinski definition) is 0. The molecule has 2 aliphatic heterocycles. The van der Waals surface area contributed by atoms with Crippen molar-refractivity contribution < 1.29 is 23.8 Å². The fourth-order valence-electron chi connectivity index (χ4n) is 2.12. The van der Waals surface area contributed by atoms with Crippen LogP contribution in [0.2, 0.25) is 0 Å². The number of hydrogen-bond acceptors (Lipinski definition) is 5. The van der Waals surface area contributed by atoms with E-state index in [9.17, 15) is 9.59 Å². The van der Waals surface area contributed by atoms with Crippen LogP contribution in [0.25, 0.3) is 0 Å². The molecule has 0 aromatic heterocycles. The lowest BCUT2D eigenvalue weighted by Gasteiger charge is -2.27. The van der Waals surface area contributed by atoms with Gasteiger partial charge >= 0.3 is 12.1 Å². The Morgan fingerprint density at radius 1 is 1.39 bits per heavy atom. The van der Waals surface area contributed by atoms with Gasteiger partial charge < -0.3 is 14.2 Å². The van der Waals surface area contributed by atoms with Crippen molar-refractivity contribution in [1.82, 2.24) is 4.90 Å². The average molecular weight is 257 g/mol. The zero-order valence-electron chi connectivity index (χ0n) is 11.2. The van der Waals surface area contributed by atoms with Crippen LogP contribution in [0.4, 0.5) is 4.79 Å². The molecule has 2 saturated heterocycles. The second-order valence-electron chi connectivity index (χ2n) is 5.82. The van der Waals surface area contributed by atoms with Gasteiger partial charge in [0.25, 0.3) is 0 Å². The van der Waals surface area contributed by atoms with Crippen LogP contribution < -0.4 is 0 Å². The molecule has 1 amide bonds. The summed E-state index contributed by atoms with van der Waals surface area (Å²) in [4.78, 5) is 25.1. The van der Waals surface area contributed by atoms with Crippen molar-refractivity contribution in [2.75, 3.05) is 20.3 Å². The van der Waals surface area contributed by atoms with Gasteiger partial charge in [-0.05, 0) is 20.8 Å². The molecule has 18 heavy (non-hydrogen) atoms. The Bertz CT molecular complexity index is 369. The number of epoxide rings is 1. The van der Waals surface area contributed by atoms with Crippen LogP contribution in [-0.2, 0) is 19.0 Å². The molecule has 6 heteroatoms. The van der Waals surface area contributed by atoms with E-state index in [0.717, 1.165) is 0 Å². The number of carbonyl (C=O) groups is 2. The third kappa shape index (κ3) is 2.58. The number of amides is 1. The molecule has 0 saturated carbocycles. The molecule has 0 aromatic rings. The number of rotatable bonds is 1. The number of likely N-dealkylation sites (tertiary alicyclic amines) is 1. The average Bonchev–Trinajstić information content (AvgIpc) is 2.86. The zero-order chi connectivity index (χ0) is 13.6. The van der Waals surface area contributed by atoms with Crippen LogP contribution in [-0.4, -0.2) is 54.5 Å². The second-order valence-corrected chi connectivity index (χ2v) is 5.82. The highest BCUT2D eigenvalue weighted by molar-refractivity contribution is 5.82. The van der Waals surface area contributed by atoms with E-state index in [2.05, 4.69) is 0 Å². The first-order valence-electron chi connectivity index (χ1n) is 5.98. The van der Waals surface area contributed by atoms with Gasteiger partial charge in [0.1, 0.15) is 17.2 Å². The summed E-state index contributed by atoms with van der Waals surface area (Å²) in [5.74, 6) is -0.423. The minimum atomic E-state index is -0.604. The minimum Gasteiger partial charge on any atom is -0.467 e. The molecule has 0 bridgehead atoms.